The van der Waals surface area contributed by atoms with E-state index in [0.29, 0.717) is 52.6 Å². The maximum absolute atomic E-state index is 14.3. The Bertz CT molecular complexity index is 1380. The Labute approximate surface area is 200 Å². The molecule has 34 heavy (non-hydrogen) atoms. The molecule has 0 aliphatic carbocycles. The van der Waals surface area contributed by atoms with Gasteiger partial charge in [0.1, 0.15) is 12.0 Å². The van der Waals surface area contributed by atoms with Gasteiger partial charge in [-0.2, -0.15) is 5.10 Å². The summed E-state index contributed by atoms with van der Waals surface area (Å²) < 4.78 is 16.0. The molecule has 2 atom stereocenters. The minimum atomic E-state index is -1.02. The maximum Gasteiger partial charge on any atom is 0.258 e. The van der Waals surface area contributed by atoms with Crippen molar-refractivity contribution in [1.82, 2.24) is 30.0 Å². The summed E-state index contributed by atoms with van der Waals surface area (Å²) in [6.45, 7) is 5.00. The van der Waals surface area contributed by atoms with Gasteiger partial charge >= 0.3 is 0 Å². The number of aryl methyl sites for hydroxylation is 2. The van der Waals surface area contributed by atoms with Gasteiger partial charge in [0.25, 0.3) is 5.56 Å². The highest BCUT2D eigenvalue weighted by Gasteiger charge is 2.25. The van der Waals surface area contributed by atoms with E-state index in [1.807, 2.05) is 32.2 Å². The third kappa shape index (κ3) is 4.53. The minimum absolute atomic E-state index is 0.272. The van der Waals surface area contributed by atoms with E-state index in [9.17, 15) is 9.18 Å². The van der Waals surface area contributed by atoms with Crippen molar-refractivity contribution in [3.63, 3.8) is 0 Å². The van der Waals surface area contributed by atoms with Gasteiger partial charge in [0.2, 0.25) is 0 Å². The van der Waals surface area contributed by atoms with Crippen molar-refractivity contribution < 1.29 is 4.39 Å². The Balaban J connectivity index is 1.40. The van der Waals surface area contributed by atoms with Gasteiger partial charge in [-0.3, -0.25) is 4.79 Å². The molecular formula is C24H25ClFN7O. The summed E-state index contributed by atoms with van der Waals surface area (Å²) in [6, 6.07) is 6.77. The number of aromatic nitrogens is 5. The molecule has 1 aliphatic rings. The number of fused-ring (bicyclic) bond motifs is 1. The zero-order valence-corrected chi connectivity index (χ0v) is 19.7. The van der Waals surface area contributed by atoms with Crippen LogP contribution in [0.2, 0.25) is 5.02 Å². The lowest BCUT2D eigenvalue weighted by atomic mass is 10.0. The fourth-order valence-corrected chi connectivity index (χ4v) is 4.32. The van der Waals surface area contributed by atoms with E-state index in [0.717, 1.165) is 23.4 Å². The molecule has 3 aromatic heterocycles. The number of aromatic amines is 1. The number of H-pyrrole nitrogens is 1. The van der Waals surface area contributed by atoms with Crippen LogP contribution in [0.5, 0.6) is 0 Å². The van der Waals surface area contributed by atoms with Crippen molar-refractivity contribution in [3.8, 4) is 5.82 Å². The van der Waals surface area contributed by atoms with E-state index in [1.165, 1.54) is 0 Å². The minimum Gasteiger partial charge on any atom is -0.378 e. The fourth-order valence-electron chi connectivity index (χ4n) is 4.10. The molecule has 0 amide bonds. The van der Waals surface area contributed by atoms with Gasteiger partial charge in [-0.25, -0.2) is 19.0 Å². The first-order chi connectivity index (χ1) is 16.4. The van der Waals surface area contributed by atoms with Gasteiger partial charge in [0.05, 0.1) is 33.3 Å². The Morgan fingerprint density at radius 3 is 2.85 bits per heavy atom. The molecule has 1 fully saturated rings. The predicted octanol–water partition coefficient (Wildman–Crippen LogP) is 3.48. The van der Waals surface area contributed by atoms with Crippen LogP contribution in [0.15, 0.2) is 41.5 Å². The predicted molar refractivity (Wildman–Crippen MR) is 131 cm³/mol. The second kappa shape index (κ2) is 9.15. The summed E-state index contributed by atoms with van der Waals surface area (Å²) in [7, 11) is 0. The molecule has 176 valence electrons. The highest BCUT2D eigenvalue weighted by atomic mass is 35.5. The van der Waals surface area contributed by atoms with Crippen molar-refractivity contribution in [3.05, 3.63) is 74.7 Å². The molecule has 5 rings (SSSR count). The summed E-state index contributed by atoms with van der Waals surface area (Å²) in [5, 5.41) is 11.4. The topological polar surface area (TPSA) is 101 Å². The molecule has 0 radical (unpaired) electrons. The molecule has 3 N–H and O–H groups in total. The Morgan fingerprint density at radius 1 is 1.29 bits per heavy atom. The molecule has 0 bridgehead atoms. The number of nitrogens with one attached hydrogen (secondary N) is 3. The number of rotatable bonds is 5. The SMILES string of the molecule is Cc1cn(-c2ccc(Cc3nc4cc(N[C@@H]5CCNC[C@@H]5F)c(Cl)cc4c(=O)[nH]3)cn2)nc1C. The molecule has 8 nitrogen and oxygen atoms in total. The second-order valence-electron chi connectivity index (χ2n) is 8.66. The van der Waals surface area contributed by atoms with E-state index in [1.54, 1.807) is 23.0 Å². The van der Waals surface area contributed by atoms with E-state index < -0.39 is 6.17 Å². The molecular weight excluding hydrogens is 457 g/mol. The van der Waals surface area contributed by atoms with Crippen molar-refractivity contribution in [2.24, 2.45) is 0 Å². The van der Waals surface area contributed by atoms with Crippen LogP contribution in [0.4, 0.5) is 10.1 Å². The number of halogens is 2. The number of piperidine rings is 1. The lowest BCUT2D eigenvalue weighted by molar-refractivity contribution is 0.245. The highest BCUT2D eigenvalue weighted by molar-refractivity contribution is 6.34. The molecule has 0 saturated carbocycles. The molecule has 1 aliphatic heterocycles. The number of pyridine rings is 1. The van der Waals surface area contributed by atoms with Crippen molar-refractivity contribution in [1.29, 1.82) is 0 Å². The number of alkyl halides is 1. The summed E-state index contributed by atoms with van der Waals surface area (Å²) in [5.41, 5.74) is 3.76. The van der Waals surface area contributed by atoms with Crippen molar-refractivity contribution in [2.45, 2.75) is 38.9 Å². The highest BCUT2D eigenvalue weighted by Crippen LogP contribution is 2.28. The number of hydrogen-bond donors (Lipinski definition) is 3. The van der Waals surface area contributed by atoms with Gasteiger partial charge in [-0.05, 0) is 56.1 Å². The Kier molecular flexibility index (Phi) is 6.05. The van der Waals surface area contributed by atoms with E-state index in [2.05, 4.69) is 30.7 Å². The number of benzene rings is 1. The van der Waals surface area contributed by atoms with Gasteiger partial charge in [-0.1, -0.05) is 17.7 Å². The number of anilines is 1. The summed E-state index contributed by atoms with van der Waals surface area (Å²) in [6.07, 6.45) is 3.71. The average molecular weight is 482 g/mol. The Morgan fingerprint density at radius 2 is 2.15 bits per heavy atom. The van der Waals surface area contributed by atoms with Gasteiger partial charge < -0.3 is 15.6 Å². The number of hydrogen-bond acceptors (Lipinski definition) is 6. The average Bonchev–Trinajstić information content (AvgIpc) is 3.15. The molecule has 4 heterocycles. The van der Waals surface area contributed by atoms with Crippen LogP contribution >= 0.6 is 11.6 Å². The quantitative estimate of drug-likeness (QED) is 0.403. The lowest BCUT2D eigenvalue weighted by Gasteiger charge is -2.28. The molecule has 4 aromatic rings. The monoisotopic (exact) mass is 481 g/mol. The molecule has 10 heteroatoms. The van der Waals surface area contributed by atoms with Crippen LogP contribution < -0.4 is 16.2 Å². The molecule has 0 spiro atoms. The number of nitrogens with zero attached hydrogens (tertiary/aromatic N) is 4. The largest absolute Gasteiger partial charge is 0.378 e. The van der Waals surface area contributed by atoms with Gasteiger partial charge in [0.15, 0.2) is 5.82 Å². The zero-order chi connectivity index (χ0) is 23.8. The first kappa shape index (κ1) is 22.5. The smallest absolute Gasteiger partial charge is 0.258 e. The maximum atomic E-state index is 14.3. The molecule has 1 aromatic carbocycles. The third-order valence-electron chi connectivity index (χ3n) is 6.15. The van der Waals surface area contributed by atoms with Crippen LogP contribution in [0.3, 0.4) is 0 Å². The van der Waals surface area contributed by atoms with Crippen LogP contribution in [0, 0.1) is 13.8 Å². The van der Waals surface area contributed by atoms with Gasteiger partial charge in [-0.15, -0.1) is 0 Å². The standard InChI is InChI=1S/C24H25ClFN7O/c1-13-12-33(32-14(13)2)23-4-3-15(10-28-23)7-22-30-20-9-21(17(25)8-16(20)24(34)31-22)29-19-5-6-27-11-18(19)26/h3-4,8-10,12,18-19,27,29H,5-7,11H2,1-2H3,(H,30,31,34)/t18-,19+/m0/s1. The Hall–Kier alpha value is -3.30. The second-order valence-corrected chi connectivity index (χ2v) is 9.07. The van der Waals surface area contributed by atoms with Gasteiger partial charge in [0, 0.05) is 25.4 Å². The molecule has 1 saturated heterocycles. The van der Waals surface area contributed by atoms with Crippen LogP contribution in [0.1, 0.15) is 29.1 Å². The zero-order valence-electron chi connectivity index (χ0n) is 18.9. The van der Waals surface area contributed by atoms with E-state index in [-0.39, 0.29) is 11.6 Å². The van der Waals surface area contributed by atoms with Crippen molar-refractivity contribution >= 4 is 28.2 Å². The van der Waals surface area contributed by atoms with E-state index >= 15 is 0 Å². The normalized spacial score (nSPS) is 18.4. The third-order valence-corrected chi connectivity index (χ3v) is 6.46. The fraction of sp³-hybridized carbons (Fsp3) is 0.333. The van der Waals surface area contributed by atoms with Crippen LogP contribution in [-0.2, 0) is 6.42 Å². The summed E-state index contributed by atoms with van der Waals surface area (Å²) in [4.78, 5) is 24.7. The lowest BCUT2D eigenvalue weighted by Crippen LogP contribution is -2.45. The van der Waals surface area contributed by atoms with Crippen LogP contribution in [0.25, 0.3) is 16.7 Å². The van der Waals surface area contributed by atoms with Crippen molar-refractivity contribution in [2.75, 3.05) is 18.4 Å². The summed E-state index contributed by atoms with van der Waals surface area (Å²) in [5.74, 6) is 1.23. The summed E-state index contributed by atoms with van der Waals surface area (Å²) >= 11 is 6.39. The first-order valence-electron chi connectivity index (χ1n) is 11.2. The van der Waals surface area contributed by atoms with Crippen LogP contribution in [-0.4, -0.2) is 50.0 Å². The molecule has 0 unspecified atom stereocenters. The van der Waals surface area contributed by atoms with E-state index in [4.69, 9.17) is 11.6 Å². The first-order valence-corrected chi connectivity index (χ1v) is 11.6.